The van der Waals surface area contributed by atoms with Crippen LogP contribution in [0.3, 0.4) is 0 Å². The van der Waals surface area contributed by atoms with Crippen molar-refractivity contribution in [1.82, 2.24) is 29.2 Å². The first-order chi connectivity index (χ1) is 20.5. The third-order valence-corrected chi connectivity index (χ3v) is 8.12. The first kappa shape index (κ1) is 26.2. The first-order valence-corrected chi connectivity index (χ1v) is 14.4. The fourth-order valence-corrected chi connectivity index (χ4v) is 5.83. The standard InChI is InChI=1S/C30H33N9O3/c1-20-17-21(7-8-23(20)36-15-13-35(2)14-16-36)32-30-31-18-22-27(34-30)39-25-10-9-24-28(33-25)37(26(40)19-42-24)11-5-3-4-6-12-38(39)29(22)41/h4,6-10,17-18H,3,5,11-16,19H2,1-2H3,(H,31,32,34). The molecule has 216 valence electrons. The van der Waals surface area contributed by atoms with Gasteiger partial charge in [0.2, 0.25) is 5.95 Å². The Morgan fingerprint density at radius 2 is 1.83 bits per heavy atom. The van der Waals surface area contributed by atoms with Crippen LogP contribution in [0.1, 0.15) is 18.4 Å². The highest BCUT2D eigenvalue weighted by molar-refractivity contribution is 5.96. The first-order valence-electron chi connectivity index (χ1n) is 14.4. The van der Waals surface area contributed by atoms with Crippen LogP contribution in [0.2, 0.25) is 0 Å². The van der Waals surface area contributed by atoms with E-state index in [-0.39, 0.29) is 18.1 Å². The molecule has 0 atom stereocenters. The van der Waals surface area contributed by atoms with Crippen LogP contribution in [0.4, 0.5) is 23.1 Å². The van der Waals surface area contributed by atoms with Crippen LogP contribution in [0.15, 0.2) is 53.5 Å². The lowest BCUT2D eigenvalue weighted by Gasteiger charge is -2.35. The summed E-state index contributed by atoms with van der Waals surface area (Å²) < 4.78 is 8.96. The number of allylic oxidation sites excluding steroid dienone is 2. The maximum atomic E-state index is 13.5. The van der Waals surface area contributed by atoms with Crippen molar-refractivity contribution in [3.63, 3.8) is 0 Å². The quantitative estimate of drug-likeness (QED) is 0.374. The molecule has 1 N–H and O–H groups in total. The zero-order valence-corrected chi connectivity index (χ0v) is 23.8. The number of benzene rings is 1. The van der Waals surface area contributed by atoms with Gasteiger partial charge in [-0.15, -0.1) is 0 Å². The maximum absolute atomic E-state index is 13.5. The van der Waals surface area contributed by atoms with Crippen molar-refractivity contribution in [2.24, 2.45) is 0 Å². The van der Waals surface area contributed by atoms with Gasteiger partial charge in [0.15, 0.2) is 29.6 Å². The summed E-state index contributed by atoms with van der Waals surface area (Å²) in [5.74, 6) is 1.71. The molecular formula is C30H33N9O3. The Labute approximate surface area is 242 Å². The van der Waals surface area contributed by atoms with Gasteiger partial charge in [-0.25, -0.2) is 19.3 Å². The number of nitrogens with zero attached hydrogens (tertiary/aromatic N) is 8. The molecule has 1 saturated heterocycles. The number of carbonyl (C=O) groups is 1. The molecule has 0 spiro atoms. The van der Waals surface area contributed by atoms with Gasteiger partial charge in [0.05, 0.1) is 6.54 Å². The number of fused-ring (bicyclic) bond motifs is 5. The van der Waals surface area contributed by atoms with Gasteiger partial charge in [-0.3, -0.25) is 14.5 Å². The molecule has 42 heavy (non-hydrogen) atoms. The Morgan fingerprint density at radius 3 is 2.67 bits per heavy atom. The van der Waals surface area contributed by atoms with E-state index in [1.54, 1.807) is 32.6 Å². The van der Waals surface area contributed by atoms with Crippen molar-refractivity contribution in [1.29, 1.82) is 0 Å². The minimum Gasteiger partial charge on any atom is -0.480 e. The maximum Gasteiger partial charge on any atom is 0.278 e. The lowest BCUT2D eigenvalue weighted by atomic mass is 10.1. The van der Waals surface area contributed by atoms with Crippen LogP contribution in [0.25, 0.3) is 16.9 Å². The van der Waals surface area contributed by atoms with Gasteiger partial charge in [0.1, 0.15) is 5.39 Å². The normalized spacial score (nSPS) is 17.4. The Morgan fingerprint density at radius 1 is 0.976 bits per heavy atom. The molecule has 12 nitrogen and oxygen atoms in total. The molecule has 1 amide bonds. The lowest BCUT2D eigenvalue weighted by molar-refractivity contribution is -0.121. The second-order valence-electron chi connectivity index (χ2n) is 11.0. The van der Waals surface area contributed by atoms with Gasteiger partial charge in [0, 0.05) is 50.3 Å². The van der Waals surface area contributed by atoms with Gasteiger partial charge in [0.25, 0.3) is 11.5 Å². The fraction of sp³-hybridized carbons (Fsp3) is 0.367. The highest BCUT2D eigenvalue weighted by Crippen LogP contribution is 2.32. The van der Waals surface area contributed by atoms with Crippen molar-refractivity contribution in [3.05, 3.63) is 64.6 Å². The van der Waals surface area contributed by atoms with Crippen molar-refractivity contribution < 1.29 is 9.53 Å². The molecule has 0 aliphatic carbocycles. The molecule has 1 aromatic carbocycles. The monoisotopic (exact) mass is 567 g/mol. The zero-order chi connectivity index (χ0) is 28.8. The summed E-state index contributed by atoms with van der Waals surface area (Å²) in [5.41, 5.74) is 3.47. The Hall–Kier alpha value is -4.71. The molecule has 0 radical (unpaired) electrons. The number of likely N-dealkylation sites (N-methyl/N-ethyl adjacent to an activating group) is 1. The van der Waals surface area contributed by atoms with Crippen LogP contribution >= 0.6 is 0 Å². The number of piperazine rings is 1. The molecule has 3 aromatic heterocycles. The van der Waals surface area contributed by atoms with Crippen LogP contribution < -0.4 is 25.4 Å². The third kappa shape index (κ3) is 4.67. The van der Waals surface area contributed by atoms with Crippen LogP contribution in [-0.4, -0.2) is 81.5 Å². The van der Waals surface area contributed by atoms with E-state index in [9.17, 15) is 9.59 Å². The molecule has 6 heterocycles. The van der Waals surface area contributed by atoms with Gasteiger partial charge in [-0.05, 0) is 62.7 Å². The van der Waals surface area contributed by atoms with Gasteiger partial charge in [-0.2, -0.15) is 4.98 Å². The number of anilines is 4. The number of nitrogens with one attached hydrogen (secondary N) is 1. The van der Waals surface area contributed by atoms with Crippen molar-refractivity contribution in [2.75, 3.05) is 61.5 Å². The summed E-state index contributed by atoms with van der Waals surface area (Å²) >= 11 is 0. The average molecular weight is 568 g/mol. The molecule has 7 rings (SSSR count). The van der Waals surface area contributed by atoms with E-state index >= 15 is 0 Å². The number of pyridine rings is 1. The molecule has 0 unspecified atom stereocenters. The largest absolute Gasteiger partial charge is 0.480 e. The van der Waals surface area contributed by atoms with Gasteiger partial charge < -0.3 is 19.9 Å². The number of aromatic nitrogens is 5. The Balaban J connectivity index is 1.28. The second-order valence-corrected chi connectivity index (χ2v) is 11.0. The van der Waals surface area contributed by atoms with E-state index in [1.807, 2.05) is 18.2 Å². The van der Waals surface area contributed by atoms with Crippen molar-refractivity contribution in [2.45, 2.75) is 26.3 Å². The van der Waals surface area contributed by atoms with Crippen molar-refractivity contribution >= 4 is 40.1 Å². The average Bonchev–Trinajstić information content (AvgIpc) is 3.26. The topological polar surface area (TPSA) is 114 Å². The lowest BCUT2D eigenvalue weighted by Crippen LogP contribution is -2.44. The molecule has 12 heteroatoms. The number of aryl methyl sites for hydroxylation is 1. The summed E-state index contributed by atoms with van der Waals surface area (Å²) in [5, 5.41) is 3.71. The highest BCUT2D eigenvalue weighted by Gasteiger charge is 2.28. The molecule has 2 bridgehead atoms. The van der Waals surface area contributed by atoms with Crippen LogP contribution in [0, 0.1) is 6.92 Å². The number of amides is 1. The Bertz CT molecular complexity index is 1770. The number of rotatable bonds is 3. The molecule has 0 saturated carbocycles. The SMILES string of the molecule is Cc1cc(Nc2ncc3c(=O)n4n(c3n2)-c2ccc3c(n2)N(CCCC=CC4)C(=O)CO3)ccc1N1CCN(C)CC1. The molecular weight excluding hydrogens is 534 g/mol. The molecule has 3 aliphatic rings. The van der Waals surface area contributed by atoms with Gasteiger partial charge in [-0.1, -0.05) is 12.2 Å². The van der Waals surface area contributed by atoms with Crippen LogP contribution in [-0.2, 0) is 11.3 Å². The van der Waals surface area contributed by atoms with E-state index in [4.69, 9.17) is 14.7 Å². The molecule has 4 aromatic rings. The number of carbonyl (C=O) groups excluding carboxylic acids is 1. The number of hydrogen-bond donors (Lipinski definition) is 1. The van der Waals surface area contributed by atoms with Gasteiger partial charge >= 0.3 is 0 Å². The van der Waals surface area contributed by atoms with Crippen LogP contribution in [0.5, 0.6) is 5.75 Å². The minimum atomic E-state index is -0.214. The predicted molar refractivity (Wildman–Crippen MR) is 161 cm³/mol. The third-order valence-electron chi connectivity index (χ3n) is 8.12. The van der Waals surface area contributed by atoms with E-state index in [0.717, 1.165) is 44.7 Å². The smallest absolute Gasteiger partial charge is 0.278 e. The number of hydrogen-bond acceptors (Lipinski definition) is 9. The van der Waals surface area contributed by atoms with E-state index in [0.29, 0.717) is 47.5 Å². The summed E-state index contributed by atoms with van der Waals surface area (Å²) in [6, 6.07) is 9.85. The minimum absolute atomic E-state index is 0.0148. The highest BCUT2D eigenvalue weighted by atomic mass is 16.5. The zero-order valence-electron chi connectivity index (χ0n) is 23.8. The molecule has 3 aliphatic heterocycles. The fourth-order valence-electron chi connectivity index (χ4n) is 5.83. The molecule has 1 fully saturated rings. The Kier molecular flexibility index (Phi) is 6.62. The summed E-state index contributed by atoms with van der Waals surface area (Å²) in [6.07, 6.45) is 7.12. The number of ether oxygens (including phenoxy) is 1. The van der Waals surface area contributed by atoms with E-state index in [1.165, 1.54) is 11.3 Å². The second kappa shape index (κ2) is 10.6. The van der Waals surface area contributed by atoms with E-state index < -0.39 is 0 Å². The summed E-state index contributed by atoms with van der Waals surface area (Å²) in [4.78, 5) is 46.8. The van der Waals surface area contributed by atoms with Crippen molar-refractivity contribution in [3.8, 4) is 11.6 Å². The summed E-state index contributed by atoms with van der Waals surface area (Å²) in [7, 11) is 2.15. The summed E-state index contributed by atoms with van der Waals surface area (Å²) in [6.45, 7) is 7.09. The predicted octanol–water partition coefficient (Wildman–Crippen LogP) is 2.86. The van der Waals surface area contributed by atoms with E-state index in [2.05, 4.69) is 46.2 Å².